The number of nitrogens with zero attached hydrogens (tertiary/aromatic N) is 2. The van der Waals surface area contributed by atoms with Gasteiger partial charge in [-0.2, -0.15) is 5.10 Å². The number of halogens is 1. The number of amides is 1. The second kappa shape index (κ2) is 4.21. The zero-order chi connectivity index (χ0) is 12.6. The monoisotopic (exact) mass is 294 g/mol. The smallest absolute Gasteiger partial charge is 0.248 e. The Kier molecular flexibility index (Phi) is 2.89. The minimum atomic E-state index is -0.464. The molecule has 5 nitrogen and oxygen atoms in total. The Morgan fingerprint density at radius 1 is 1.47 bits per heavy atom. The SMILES string of the molecule is Cc1cn(-c2ccc(C(N)=O)cc2Br)nc1N. The van der Waals surface area contributed by atoms with E-state index in [-0.39, 0.29) is 0 Å². The average molecular weight is 295 g/mol. The Labute approximate surface area is 107 Å². The number of carbonyl (C=O) groups is 1. The van der Waals surface area contributed by atoms with Crippen molar-refractivity contribution in [2.75, 3.05) is 5.73 Å². The summed E-state index contributed by atoms with van der Waals surface area (Å²) in [5.74, 6) is 0.0179. The van der Waals surface area contributed by atoms with E-state index in [9.17, 15) is 4.79 Å². The van der Waals surface area contributed by atoms with Gasteiger partial charge in [-0.05, 0) is 41.1 Å². The molecule has 0 bridgehead atoms. The predicted molar refractivity (Wildman–Crippen MR) is 68.9 cm³/mol. The van der Waals surface area contributed by atoms with Gasteiger partial charge >= 0.3 is 0 Å². The number of nitrogen functional groups attached to an aromatic ring is 1. The van der Waals surface area contributed by atoms with E-state index in [0.717, 1.165) is 15.7 Å². The maximum atomic E-state index is 11.0. The number of nitrogens with two attached hydrogens (primary N) is 2. The van der Waals surface area contributed by atoms with Crippen LogP contribution >= 0.6 is 15.9 Å². The Morgan fingerprint density at radius 2 is 2.18 bits per heavy atom. The van der Waals surface area contributed by atoms with Crippen LogP contribution in [-0.4, -0.2) is 15.7 Å². The normalized spacial score (nSPS) is 10.5. The van der Waals surface area contributed by atoms with Gasteiger partial charge in [-0.3, -0.25) is 4.79 Å². The van der Waals surface area contributed by atoms with E-state index in [1.165, 1.54) is 0 Å². The molecule has 0 unspecified atom stereocenters. The molecule has 1 amide bonds. The third-order valence-corrected chi connectivity index (χ3v) is 3.05. The molecule has 0 atom stereocenters. The van der Waals surface area contributed by atoms with Crippen LogP contribution in [0.2, 0.25) is 0 Å². The number of aryl methyl sites for hydroxylation is 1. The van der Waals surface area contributed by atoms with Crippen LogP contribution in [-0.2, 0) is 0 Å². The molecule has 1 aromatic heterocycles. The summed E-state index contributed by atoms with van der Waals surface area (Å²) >= 11 is 3.38. The van der Waals surface area contributed by atoms with Crippen LogP contribution in [0.3, 0.4) is 0 Å². The largest absolute Gasteiger partial charge is 0.382 e. The number of primary amides is 1. The fourth-order valence-corrected chi connectivity index (χ4v) is 2.00. The molecule has 0 aliphatic rings. The van der Waals surface area contributed by atoms with Gasteiger partial charge in [0.2, 0.25) is 5.91 Å². The lowest BCUT2D eigenvalue weighted by atomic mass is 10.2. The highest BCUT2D eigenvalue weighted by Crippen LogP contribution is 2.23. The van der Waals surface area contributed by atoms with Gasteiger partial charge in [-0.15, -0.1) is 0 Å². The fourth-order valence-electron chi connectivity index (χ4n) is 1.44. The van der Waals surface area contributed by atoms with Crippen molar-refractivity contribution in [2.45, 2.75) is 6.92 Å². The quantitative estimate of drug-likeness (QED) is 0.882. The molecule has 2 rings (SSSR count). The van der Waals surface area contributed by atoms with Gasteiger partial charge in [0.1, 0.15) is 5.82 Å². The van der Waals surface area contributed by atoms with Gasteiger partial charge in [-0.1, -0.05) is 0 Å². The molecule has 6 heteroatoms. The van der Waals surface area contributed by atoms with Gasteiger partial charge in [0.25, 0.3) is 0 Å². The number of benzene rings is 1. The van der Waals surface area contributed by atoms with E-state index in [2.05, 4.69) is 21.0 Å². The van der Waals surface area contributed by atoms with Crippen LogP contribution in [0, 0.1) is 6.92 Å². The van der Waals surface area contributed by atoms with Crippen LogP contribution in [0.4, 0.5) is 5.82 Å². The highest BCUT2D eigenvalue weighted by atomic mass is 79.9. The molecular formula is C11H11BrN4O. The molecule has 88 valence electrons. The Balaban J connectivity index is 2.50. The first-order valence-electron chi connectivity index (χ1n) is 4.90. The molecule has 0 radical (unpaired) electrons. The molecule has 1 aromatic carbocycles. The molecule has 0 saturated heterocycles. The van der Waals surface area contributed by atoms with Crippen LogP contribution in [0.5, 0.6) is 0 Å². The molecule has 0 aliphatic carbocycles. The zero-order valence-electron chi connectivity index (χ0n) is 9.14. The van der Waals surface area contributed by atoms with Gasteiger partial charge < -0.3 is 11.5 Å². The summed E-state index contributed by atoms with van der Waals surface area (Å²) in [7, 11) is 0. The van der Waals surface area contributed by atoms with Gasteiger partial charge in [0.15, 0.2) is 0 Å². The van der Waals surface area contributed by atoms with Crippen LogP contribution < -0.4 is 11.5 Å². The Hall–Kier alpha value is -1.82. The molecule has 17 heavy (non-hydrogen) atoms. The summed E-state index contributed by atoms with van der Waals surface area (Å²) in [5.41, 5.74) is 13.0. The molecule has 1 heterocycles. The number of anilines is 1. The van der Waals surface area contributed by atoms with E-state index < -0.39 is 5.91 Å². The van der Waals surface area contributed by atoms with Crippen molar-refractivity contribution in [1.82, 2.24) is 9.78 Å². The molecule has 0 spiro atoms. The van der Waals surface area contributed by atoms with Gasteiger partial charge in [0, 0.05) is 21.8 Å². The summed E-state index contributed by atoms with van der Waals surface area (Å²) < 4.78 is 2.38. The number of rotatable bonds is 2. The maximum Gasteiger partial charge on any atom is 0.248 e. The number of hydrogen-bond donors (Lipinski definition) is 2. The predicted octanol–water partition coefficient (Wildman–Crippen LogP) is 1.62. The van der Waals surface area contributed by atoms with E-state index in [0.29, 0.717) is 11.4 Å². The van der Waals surface area contributed by atoms with Crippen molar-refractivity contribution in [3.05, 3.63) is 40.0 Å². The topological polar surface area (TPSA) is 86.9 Å². The summed E-state index contributed by atoms with van der Waals surface area (Å²) in [6.45, 7) is 1.88. The van der Waals surface area contributed by atoms with Crippen molar-refractivity contribution in [2.24, 2.45) is 5.73 Å². The third kappa shape index (κ3) is 2.16. The summed E-state index contributed by atoms with van der Waals surface area (Å²) in [4.78, 5) is 11.0. The number of aromatic nitrogens is 2. The second-order valence-electron chi connectivity index (χ2n) is 3.67. The molecular weight excluding hydrogens is 284 g/mol. The highest BCUT2D eigenvalue weighted by Gasteiger charge is 2.09. The maximum absolute atomic E-state index is 11.0. The van der Waals surface area contributed by atoms with Gasteiger partial charge in [0.05, 0.1) is 5.69 Å². The van der Waals surface area contributed by atoms with E-state index in [4.69, 9.17) is 11.5 Å². The number of hydrogen-bond acceptors (Lipinski definition) is 3. The van der Waals surface area contributed by atoms with Crippen LogP contribution in [0.25, 0.3) is 5.69 Å². The molecule has 4 N–H and O–H groups in total. The first kappa shape index (κ1) is 11.7. The first-order chi connectivity index (χ1) is 7.99. The lowest BCUT2D eigenvalue weighted by Crippen LogP contribution is -2.11. The van der Waals surface area contributed by atoms with Crippen LogP contribution in [0.1, 0.15) is 15.9 Å². The van der Waals surface area contributed by atoms with Crippen LogP contribution in [0.15, 0.2) is 28.9 Å². The van der Waals surface area contributed by atoms with Crippen molar-refractivity contribution in [3.8, 4) is 5.69 Å². The third-order valence-electron chi connectivity index (χ3n) is 2.41. The fraction of sp³-hybridized carbons (Fsp3) is 0.0909. The minimum absolute atomic E-state index is 0.442. The van der Waals surface area contributed by atoms with Crippen molar-refractivity contribution >= 4 is 27.7 Å². The summed E-state index contributed by atoms with van der Waals surface area (Å²) in [6.07, 6.45) is 1.82. The molecule has 0 fully saturated rings. The Morgan fingerprint density at radius 3 is 2.65 bits per heavy atom. The lowest BCUT2D eigenvalue weighted by molar-refractivity contribution is 0.1000. The number of carbonyl (C=O) groups excluding carboxylic acids is 1. The lowest BCUT2D eigenvalue weighted by Gasteiger charge is -2.05. The van der Waals surface area contributed by atoms with E-state index >= 15 is 0 Å². The minimum Gasteiger partial charge on any atom is -0.382 e. The zero-order valence-corrected chi connectivity index (χ0v) is 10.7. The standard InChI is InChI=1S/C11H11BrN4O/c1-6-5-16(15-10(6)13)9-3-2-7(11(14)17)4-8(9)12/h2-5H,1H3,(H2,13,15)(H2,14,17). The highest BCUT2D eigenvalue weighted by molar-refractivity contribution is 9.10. The van der Waals surface area contributed by atoms with Crippen molar-refractivity contribution < 1.29 is 4.79 Å². The molecule has 0 aliphatic heterocycles. The summed E-state index contributed by atoms with van der Waals surface area (Å²) in [5, 5.41) is 4.16. The first-order valence-corrected chi connectivity index (χ1v) is 5.70. The van der Waals surface area contributed by atoms with Gasteiger partial charge in [-0.25, -0.2) is 4.68 Å². The van der Waals surface area contributed by atoms with E-state index in [1.54, 1.807) is 22.9 Å². The van der Waals surface area contributed by atoms with E-state index in [1.807, 2.05) is 13.1 Å². The summed E-state index contributed by atoms with van der Waals surface area (Å²) in [6, 6.07) is 5.07. The second-order valence-corrected chi connectivity index (χ2v) is 4.53. The average Bonchev–Trinajstić information content (AvgIpc) is 2.58. The Bertz CT molecular complexity index is 572. The van der Waals surface area contributed by atoms with Crippen molar-refractivity contribution in [3.63, 3.8) is 0 Å². The molecule has 2 aromatic rings. The molecule has 0 saturated carbocycles. The van der Waals surface area contributed by atoms with Crippen molar-refractivity contribution in [1.29, 1.82) is 0 Å².